The molecule has 6 heterocycles. The number of carbonyl (C=O) groups excluding carboxylic acids is 1. The number of likely N-dealkylation sites (tertiary alicyclic amines) is 1. The van der Waals surface area contributed by atoms with Gasteiger partial charge in [0.25, 0.3) is 0 Å². The second-order valence-electron chi connectivity index (χ2n) is 13.9. The summed E-state index contributed by atoms with van der Waals surface area (Å²) in [6.07, 6.45) is 6.91. The van der Waals surface area contributed by atoms with Crippen LogP contribution in [-0.4, -0.2) is 63.8 Å². The predicted molar refractivity (Wildman–Crippen MR) is 170 cm³/mol. The number of carbonyl (C=O) groups is 1. The predicted octanol–water partition coefficient (Wildman–Crippen LogP) is 6.50. The van der Waals surface area contributed by atoms with Crippen LogP contribution in [0.5, 0.6) is 0 Å². The fraction of sp³-hybridized carbons (Fsp3) is 0.485. The summed E-state index contributed by atoms with van der Waals surface area (Å²) in [5.74, 6) is -0.859. The van der Waals surface area contributed by atoms with Gasteiger partial charge in [-0.05, 0) is 56.6 Å². The molecule has 10 nitrogen and oxygen atoms in total. The summed E-state index contributed by atoms with van der Waals surface area (Å²) < 4.78 is 43.3. The van der Waals surface area contributed by atoms with Crippen LogP contribution >= 0.6 is 11.3 Å². The molecule has 3 aliphatic heterocycles. The highest BCUT2D eigenvalue weighted by Crippen LogP contribution is 2.50. The lowest BCUT2D eigenvalue weighted by atomic mass is 9.63. The van der Waals surface area contributed by atoms with Gasteiger partial charge in [0.1, 0.15) is 22.2 Å². The van der Waals surface area contributed by atoms with Gasteiger partial charge in [-0.2, -0.15) is 5.26 Å². The molecular weight excluding hydrogens is 612 g/mol. The highest BCUT2D eigenvalue weighted by molar-refractivity contribution is 7.23. The van der Waals surface area contributed by atoms with Crippen molar-refractivity contribution in [3.8, 4) is 17.3 Å². The van der Waals surface area contributed by atoms with E-state index in [2.05, 4.69) is 31.2 Å². The van der Waals surface area contributed by atoms with Crippen molar-refractivity contribution < 1.29 is 23.0 Å². The third kappa shape index (κ3) is 4.68. The Morgan fingerprint density at radius 1 is 1.20 bits per heavy atom. The Labute approximate surface area is 268 Å². The van der Waals surface area contributed by atoms with E-state index in [1.54, 1.807) is 27.0 Å². The molecule has 8 rings (SSSR count). The first kappa shape index (κ1) is 29.4. The largest absolute Gasteiger partial charge is 0.444 e. The first-order valence-electron chi connectivity index (χ1n) is 15.6. The highest BCUT2D eigenvalue weighted by Gasteiger charge is 2.50. The van der Waals surface area contributed by atoms with E-state index in [1.807, 2.05) is 0 Å². The number of rotatable bonds is 4. The molecule has 1 spiro atoms. The van der Waals surface area contributed by atoms with E-state index < -0.39 is 23.3 Å². The number of halogens is 2. The van der Waals surface area contributed by atoms with Gasteiger partial charge in [0.05, 0.1) is 35.4 Å². The highest BCUT2D eigenvalue weighted by atomic mass is 32.1. The lowest BCUT2D eigenvalue weighted by molar-refractivity contribution is -0.0786. The number of amides is 1. The normalized spacial score (nSPS) is 20.5. The summed E-state index contributed by atoms with van der Waals surface area (Å²) in [6, 6.07) is 2.51. The van der Waals surface area contributed by atoms with Crippen molar-refractivity contribution in [1.82, 2.24) is 19.9 Å². The third-order valence-corrected chi connectivity index (χ3v) is 10.9. The molecule has 3 fully saturated rings. The molecular formula is C33H33F2N7O3S. The van der Waals surface area contributed by atoms with Gasteiger partial charge in [0.2, 0.25) is 5.95 Å². The monoisotopic (exact) mass is 645 g/mol. The Hall–Kier alpha value is -3.99. The van der Waals surface area contributed by atoms with Crippen molar-refractivity contribution >= 4 is 49.4 Å². The topological polar surface area (TPSA) is 116 Å². The number of hydrogen-bond donors (Lipinski definition) is 1. The zero-order chi connectivity index (χ0) is 32.0. The number of thiophene rings is 1. The summed E-state index contributed by atoms with van der Waals surface area (Å²) >= 11 is 0.875. The summed E-state index contributed by atoms with van der Waals surface area (Å²) in [4.78, 5) is 31.0. The van der Waals surface area contributed by atoms with E-state index in [-0.39, 0.29) is 50.6 Å². The maximum atomic E-state index is 16.9. The molecule has 46 heavy (non-hydrogen) atoms. The van der Waals surface area contributed by atoms with E-state index in [9.17, 15) is 10.1 Å². The quantitative estimate of drug-likeness (QED) is 0.266. The number of pyridine rings is 1. The molecule has 0 unspecified atom stereocenters. The standard InChI is InChI=1S/C33H33F2N7O3S/c1-32(2,3)45-31(43)40-29-18(9-36)24-27(37-11-22(34)28(24)46-29)23-21-14-44-13-20(21)19-10-38-30(39-26(19)25(23)35)41-8-5-17(12-41)42-15-33(16-42)6-4-7-33/h10-11,17H,4-8,12-16H2,1-3H3,(H,40,43)/t17-/m0/s1. The number of nitriles is 1. The second kappa shape index (κ2) is 10.5. The van der Waals surface area contributed by atoms with E-state index >= 15 is 8.78 Å². The number of aromatic nitrogens is 3. The van der Waals surface area contributed by atoms with Crippen molar-refractivity contribution in [3.05, 3.63) is 40.7 Å². The van der Waals surface area contributed by atoms with Gasteiger partial charge >= 0.3 is 6.09 Å². The van der Waals surface area contributed by atoms with E-state index in [0.29, 0.717) is 28.4 Å². The number of anilines is 2. The number of fused-ring (bicyclic) bond motifs is 4. The van der Waals surface area contributed by atoms with Crippen LogP contribution in [0.25, 0.3) is 32.2 Å². The molecule has 4 aliphatic rings. The SMILES string of the molecule is CC(C)(C)OC(=O)Nc1sc2c(F)cnc(-c3c4c(c5cnc(N6CC[C@H](N7CC8(CCC8)C7)C6)nc5c3F)COC4)c2c1C#N. The van der Waals surface area contributed by atoms with Gasteiger partial charge < -0.3 is 14.4 Å². The van der Waals surface area contributed by atoms with Gasteiger partial charge in [-0.1, -0.05) is 6.42 Å². The second-order valence-corrected chi connectivity index (χ2v) is 14.9. The van der Waals surface area contributed by atoms with E-state index in [0.717, 1.165) is 55.7 Å². The smallest absolute Gasteiger partial charge is 0.412 e. The molecule has 1 N–H and O–H groups in total. The minimum Gasteiger partial charge on any atom is -0.444 e. The average molecular weight is 646 g/mol. The molecule has 1 aliphatic carbocycles. The van der Waals surface area contributed by atoms with Crippen LogP contribution in [-0.2, 0) is 22.7 Å². The molecule has 1 atom stereocenters. The lowest BCUT2D eigenvalue weighted by Crippen LogP contribution is -2.63. The Morgan fingerprint density at radius 2 is 1.98 bits per heavy atom. The van der Waals surface area contributed by atoms with Crippen molar-refractivity contribution in [2.75, 3.05) is 36.4 Å². The van der Waals surface area contributed by atoms with Crippen LogP contribution in [0.4, 0.5) is 24.5 Å². The average Bonchev–Trinajstić information content (AvgIpc) is 3.71. The van der Waals surface area contributed by atoms with Gasteiger partial charge in [0.15, 0.2) is 11.6 Å². The van der Waals surface area contributed by atoms with Crippen LogP contribution in [0.2, 0.25) is 0 Å². The third-order valence-electron chi connectivity index (χ3n) is 9.77. The van der Waals surface area contributed by atoms with Crippen molar-refractivity contribution in [3.63, 3.8) is 0 Å². The number of nitrogens with zero attached hydrogens (tertiary/aromatic N) is 6. The van der Waals surface area contributed by atoms with Gasteiger partial charge in [-0.25, -0.2) is 23.5 Å². The van der Waals surface area contributed by atoms with Crippen LogP contribution in [0.3, 0.4) is 0 Å². The number of nitrogens with one attached hydrogen (secondary N) is 1. The van der Waals surface area contributed by atoms with Crippen molar-refractivity contribution in [1.29, 1.82) is 5.26 Å². The van der Waals surface area contributed by atoms with Crippen LogP contribution in [0, 0.1) is 28.4 Å². The fourth-order valence-electron chi connectivity index (χ4n) is 7.44. The molecule has 1 aromatic carbocycles. The minimum absolute atomic E-state index is 0.0267. The van der Waals surface area contributed by atoms with Gasteiger partial charge in [-0.3, -0.25) is 15.2 Å². The molecule has 0 radical (unpaired) electrons. The first-order valence-corrected chi connectivity index (χ1v) is 16.4. The molecule has 0 bridgehead atoms. The summed E-state index contributed by atoms with van der Waals surface area (Å²) in [6.45, 7) is 9.38. The number of benzene rings is 1. The minimum atomic E-state index is -0.790. The Balaban J connectivity index is 1.20. The zero-order valence-electron chi connectivity index (χ0n) is 25.9. The summed E-state index contributed by atoms with van der Waals surface area (Å²) in [7, 11) is 0. The van der Waals surface area contributed by atoms with Gasteiger partial charge in [-0.15, -0.1) is 11.3 Å². The van der Waals surface area contributed by atoms with Crippen molar-refractivity contribution in [2.45, 2.75) is 71.3 Å². The van der Waals surface area contributed by atoms with Crippen molar-refractivity contribution in [2.24, 2.45) is 5.41 Å². The summed E-state index contributed by atoms with van der Waals surface area (Å²) in [5.41, 5.74) is 1.36. The molecule has 13 heteroatoms. The number of hydrogen-bond acceptors (Lipinski definition) is 10. The molecule has 238 valence electrons. The maximum Gasteiger partial charge on any atom is 0.412 e. The zero-order valence-corrected chi connectivity index (χ0v) is 26.7. The maximum absolute atomic E-state index is 16.9. The van der Waals surface area contributed by atoms with Crippen LogP contribution < -0.4 is 10.2 Å². The Morgan fingerprint density at radius 3 is 2.70 bits per heavy atom. The number of ether oxygens (including phenoxy) is 2. The Bertz CT molecular complexity index is 1970. The molecule has 3 aromatic heterocycles. The lowest BCUT2D eigenvalue weighted by Gasteiger charge is -2.58. The van der Waals surface area contributed by atoms with Crippen LogP contribution in [0.15, 0.2) is 12.4 Å². The molecule has 1 saturated carbocycles. The first-order chi connectivity index (χ1) is 22.0. The van der Waals surface area contributed by atoms with E-state index in [1.165, 1.54) is 19.3 Å². The summed E-state index contributed by atoms with van der Waals surface area (Å²) in [5, 5.41) is 13.5. The molecule has 2 saturated heterocycles. The molecule has 4 aromatic rings. The molecule has 1 amide bonds. The van der Waals surface area contributed by atoms with Gasteiger partial charge in [0, 0.05) is 54.8 Å². The van der Waals surface area contributed by atoms with E-state index in [4.69, 9.17) is 14.5 Å². The van der Waals surface area contributed by atoms with Crippen LogP contribution in [0.1, 0.15) is 63.1 Å². The fourth-order valence-corrected chi connectivity index (χ4v) is 8.48. The Kier molecular flexibility index (Phi) is 6.72.